The molecular formula is C33H39N3O. The normalized spacial score (nSPS) is 20.8. The van der Waals surface area contributed by atoms with E-state index in [0.29, 0.717) is 17.5 Å². The molecule has 4 heteroatoms. The highest BCUT2D eigenvalue weighted by molar-refractivity contribution is 6.04. The quantitative estimate of drug-likeness (QED) is 0.401. The first-order valence-electron chi connectivity index (χ1n) is 13.8. The molecule has 3 aromatic rings. The zero-order valence-corrected chi connectivity index (χ0v) is 22.4. The van der Waals surface area contributed by atoms with Crippen molar-refractivity contribution in [3.63, 3.8) is 0 Å². The van der Waals surface area contributed by atoms with E-state index >= 15 is 0 Å². The summed E-state index contributed by atoms with van der Waals surface area (Å²) in [5.41, 5.74) is 4.90. The Bertz CT molecular complexity index is 1210. The molecule has 0 radical (unpaired) electrons. The van der Waals surface area contributed by atoms with E-state index in [2.05, 4.69) is 41.4 Å². The van der Waals surface area contributed by atoms with Crippen LogP contribution in [-0.4, -0.2) is 29.9 Å². The first kappa shape index (κ1) is 26.6. The van der Waals surface area contributed by atoms with E-state index in [4.69, 9.17) is 0 Å². The van der Waals surface area contributed by atoms with Gasteiger partial charge in [-0.25, -0.2) is 0 Å². The summed E-state index contributed by atoms with van der Waals surface area (Å²) in [6.45, 7) is 8.10. The van der Waals surface area contributed by atoms with Gasteiger partial charge in [0.2, 0.25) is 0 Å². The highest BCUT2D eigenvalue weighted by Crippen LogP contribution is 2.42. The molecule has 1 aliphatic carbocycles. The first-order valence-corrected chi connectivity index (χ1v) is 13.8. The third-order valence-electron chi connectivity index (χ3n) is 8.12. The van der Waals surface area contributed by atoms with Crippen molar-refractivity contribution in [3.05, 3.63) is 101 Å². The molecule has 2 atom stereocenters. The SMILES string of the molecule is CC.Cc1cc(C(=O)Nc2ccccc2)ccc1C1CCC(N2CCC(C#N)(c3ccccc3)CC2)C1. The Morgan fingerprint density at radius 2 is 1.59 bits per heavy atom. The molecule has 2 fully saturated rings. The Hall–Kier alpha value is -3.42. The van der Waals surface area contributed by atoms with Gasteiger partial charge >= 0.3 is 0 Å². The highest BCUT2D eigenvalue weighted by atomic mass is 16.1. The zero-order chi connectivity index (χ0) is 26.3. The molecule has 0 aromatic heterocycles. The van der Waals surface area contributed by atoms with Crippen LogP contribution in [0, 0.1) is 18.3 Å². The van der Waals surface area contributed by atoms with Crippen LogP contribution < -0.4 is 5.32 Å². The maximum Gasteiger partial charge on any atom is 0.255 e. The number of nitrogens with zero attached hydrogens (tertiary/aromatic N) is 2. The number of rotatable bonds is 5. The van der Waals surface area contributed by atoms with Gasteiger partial charge in [0.15, 0.2) is 0 Å². The van der Waals surface area contributed by atoms with Gasteiger partial charge in [0.05, 0.1) is 11.5 Å². The predicted molar refractivity (Wildman–Crippen MR) is 152 cm³/mol. The number of aryl methyl sites for hydroxylation is 1. The molecule has 2 aliphatic rings. The van der Waals surface area contributed by atoms with Crippen molar-refractivity contribution >= 4 is 11.6 Å². The minimum Gasteiger partial charge on any atom is -0.322 e. The van der Waals surface area contributed by atoms with Crippen LogP contribution in [0.3, 0.4) is 0 Å². The number of carbonyl (C=O) groups is 1. The predicted octanol–water partition coefficient (Wildman–Crippen LogP) is 7.47. The van der Waals surface area contributed by atoms with Crippen LogP contribution in [-0.2, 0) is 5.41 Å². The van der Waals surface area contributed by atoms with Gasteiger partial charge in [-0.15, -0.1) is 0 Å². The van der Waals surface area contributed by atoms with Gasteiger partial charge in [-0.05, 0) is 85.9 Å². The zero-order valence-electron chi connectivity index (χ0n) is 22.4. The van der Waals surface area contributed by atoms with Crippen molar-refractivity contribution in [2.45, 2.75) is 70.3 Å². The molecule has 1 amide bonds. The third kappa shape index (κ3) is 5.95. The number of para-hydroxylation sites is 1. The summed E-state index contributed by atoms with van der Waals surface area (Å²) in [5.74, 6) is 0.464. The number of nitriles is 1. The van der Waals surface area contributed by atoms with Gasteiger partial charge in [-0.1, -0.05) is 68.4 Å². The minimum atomic E-state index is -0.345. The summed E-state index contributed by atoms with van der Waals surface area (Å²) < 4.78 is 0. The molecule has 192 valence electrons. The van der Waals surface area contributed by atoms with Gasteiger partial charge in [0.1, 0.15) is 0 Å². The molecule has 3 aromatic carbocycles. The number of likely N-dealkylation sites (tertiary alicyclic amines) is 1. The molecule has 0 spiro atoms. The highest BCUT2D eigenvalue weighted by Gasteiger charge is 2.40. The largest absolute Gasteiger partial charge is 0.322 e. The van der Waals surface area contributed by atoms with Crippen molar-refractivity contribution in [2.24, 2.45) is 0 Å². The van der Waals surface area contributed by atoms with Crippen LogP contribution in [0.5, 0.6) is 0 Å². The van der Waals surface area contributed by atoms with Crippen molar-refractivity contribution in [1.29, 1.82) is 5.26 Å². The van der Waals surface area contributed by atoms with Crippen LogP contribution in [0.4, 0.5) is 5.69 Å². The number of amides is 1. The number of carbonyl (C=O) groups excluding carboxylic acids is 1. The molecule has 37 heavy (non-hydrogen) atoms. The number of hydrogen-bond donors (Lipinski definition) is 1. The van der Waals surface area contributed by atoms with Crippen molar-refractivity contribution in [2.75, 3.05) is 18.4 Å². The lowest BCUT2D eigenvalue weighted by Crippen LogP contribution is -2.45. The second-order valence-electron chi connectivity index (χ2n) is 10.2. The van der Waals surface area contributed by atoms with Crippen molar-refractivity contribution < 1.29 is 4.79 Å². The van der Waals surface area contributed by atoms with Gasteiger partial charge < -0.3 is 10.2 Å². The topological polar surface area (TPSA) is 56.1 Å². The summed E-state index contributed by atoms with van der Waals surface area (Å²) in [4.78, 5) is 15.3. The number of anilines is 1. The smallest absolute Gasteiger partial charge is 0.255 e. The Kier molecular flexibility index (Phi) is 8.79. The maximum atomic E-state index is 12.7. The van der Waals surface area contributed by atoms with Crippen LogP contribution in [0.2, 0.25) is 0 Å². The van der Waals surface area contributed by atoms with E-state index in [9.17, 15) is 10.1 Å². The third-order valence-corrected chi connectivity index (χ3v) is 8.12. The summed E-state index contributed by atoms with van der Waals surface area (Å²) >= 11 is 0. The number of hydrogen-bond acceptors (Lipinski definition) is 3. The Morgan fingerprint density at radius 1 is 0.946 bits per heavy atom. The molecule has 1 N–H and O–H groups in total. The second-order valence-corrected chi connectivity index (χ2v) is 10.2. The van der Waals surface area contributed by atoms with E-state index in [-0.39, 0.29) is 11.3 Å². The number of piperidine rings is 1. The minimum absolute atomic E-state index is 0.0668. The van der Waals surface area contributed by atoms with E-state index in [1.807, 2.05) is 74.5 Å². The maximum absolute atomic E-state index is 12.7. The van der Waals surface area contributed by atoms with Crippen LogP contribution in [0.1, 0.15) is 78.9 Å². The van der Waals surface area contributed by atoms with Crippen LogP contribution in [0.15, 0.2) is 78.9 Å². The van der Waals surface area contributed by atoms with Crippen LogP contribution >= 0.6 is 0 Å². The standard InChI is InChI=1S/C31H33N3O.C2H6/c1-23-20-25(30(35)33-27-10-6-3-7-11-27)13-15-29(23)24-12-14-28(21-24)34-18-16-31(22-32,17-19-34)26-8-4-2-5-9-26;1-2/h2-11,13,15,20,24,28H,12,14,16-19,21H2,1H3,(H,33,35);1-2H3. The average molecular weight is 494 g/mol. The molecule has 1 saturated heterocycles. The van der Waals surface area contributed by atoms with Gasteiger partial charge in [-0.2, -0.15) is 5.26 Å². The molecular weight excluding hydrogens is 454 g/mol. The van der Waals surface area contributed by atoms with Gasteiger partial charge in [-0.3, -0.25) is 4.79 Å². The lowest BCUT2D eigenvalue weighted by Gasteiger charge is -2.40. The fourth-order valence-corrected chi connectivity index (χ4v) is 6.06. The van der Waals surface area contributed by atoms with Gasteiger partial charge in [0, 0.05) is 30.4 Å². The van der Waals surface area contributed by atoms with Gasteiger partial charge in [0.25, 0.3) is 5.91 Å². The lowest BCUT2D eigenvalue weighted by molar-refractivity contribution is 0.102. The summed E-state index contributed by atoms with van der Waals surface area (Å²) in [5, 5.41) is 13.0. The number of benzene rings is 3. The molecule has 1 heterocycles. The van der Waals surface area contributed by atoms with E-state index in [1.54, 1.807) is 0 Å². The molecule has 2 unspecified atom stereocenters. The van der Waals surface area contributed by atoms with E-state index < -0.39 is 0 Å². The molecule has 1 aliphatic heterocycles. The summed E-state index contributed by atoms with van der Waals surface area (Å²) in [6.07, 6.45) is 5.34. The summed E-state index contributed by atoms with van der Waals surface area (Å²) in [6, 6.07) is 29.3. The second kappa shape index (κ2) is 12.2. The molecule has 1 saturated carbocycles. The molecule has 0 bridgehead atoms. The Morgan fingerprint density at radius 3 is 2.22 bits per heavy atom. The van der Waals surface area contributed by atoms with E-state index in [0.717, 1.165) is 38.0 Å². The first-order chi connectivity index (χ1) is 18.1. The molecule has 4 nitrogen and oxygen atoms in total. The molecule has 5 rings (SSSR count). The number of nitrogens with one attached hydrogen (secondary N) is 1. The average Bonchev–Trinajstić information content (AvgIpc) is 3.45. The monoisotopic (exact) mass is 493 g/mol. The fourth-order valence-electron chi connectivity index (χ4n) is 6.06. The Balaban J connectivity index is 0.00000156. The summed E-state index contributed by atoms with van der Waals surface area (Å²) in [7, 11) is 0. The van der Waals surface area contributed by atoms with Crippen molar-refractivity contribution in [1.82, 2.24) is 4.90 Å². The van der Waals surface area contributed by atoms with Crippen molar-refractivity contribution in [3.8, 4) is 6.07 Å². The lowest BCUT2D eigenvalue weighted by atomic mass is 9.74. The Labute approximate surface area is 222 Å². The van der Waals surface area contributed by atoms with E-state index in [1.165, 1.54) is 29.5 Å². The van der Waals surface area contributed by atoms with Crippen LogP contribution in [0.25, 0.3) is 0 Å². The fraction of sp³-hybridized carbons (Fsp3) is 0.394.